The molecule has 0 saturated carbocycles. The van der Waals surface area contributed by atoms with Crippen molar-refractivity contribution in [3.63, 3.8) is 0 Å². The third-order valence-corrected chi connectivity index (χ3v) is 4.16. The average molecular weight is 315 g/mol. The van der Waals surface area contributed by atoms with Crippen molar-refractivity contribution in [1.29, 1.82) is 0 Å². The van der Waals surface area contributed by atoms with Crippen LogP contribution in [-0.2, 0) is 16.6 Å². The summed E-state index contributed by atoms with van der Waals surface area (Å²) < 4.78 is 7.68. The van der Waals surface area contributed by atoms with Gasteiger partial charge in [-0.2, -0.15) is 5.10 Å². The zero-order valence-corrected chi connectivity index (χ0v) is 13.3. The number of amides is 1. The van der Waals surface area contributed by atoms with E-state index >= 15 is 0 Å². The van der Waals surface area contributed by atoms with Crippen molar-refractivity contribution in [2.45, 2.75) is 25.5 Å². The molecule has 23 heavy (non-hydrogen) atoms. The van der Waals surface area contributed by atoms with Gasteiger partial charge in [0.15, 0.2) is 0 Å². The highest BCUT2D eigenvalue weighted by molar-refractivity contribution is 5.92. The molecule has 122 valence electrons. The third kappa shape index (κ3) is 3.57. The van der Waals surface area contributed by atoms with Crippen molar-refractivity contribution in [3.05, 3.63) is 42.0 Å². The van der Waals surface area contributed by atoms with Crippen molar-refractivity contribution in [2.24, 2.45) is 7.05 Å². The van der Waals surface area contributed by atoms with Gasteiger partial charge >= 0.3 is 0 Å². The number of aryl methyl sites for hydroxylation is 1. The number of anilines is 1. The van der Waals surface area contributed by atoms with E-state index < -0.39 is 0 Å². The summed E-state index contributed by atoms with van der Waals surface area (Å²) in [5, 5.41) is 10.4. The first-order valence-electron chi connectivity index (χ1n) is 7.68. The standard InChI is InChI=1S/C16H21N5O2/c1-11-13(9-19-21(11)2)16-14(5-8-23-16)18-10-15(22)20-12-3-6-17-7-4-12/h3-4,6-7,9,14,16,18H,5,8,10H2,1-2H3,(H,17,20,22)/t14-,16+/m0/s1. The van der Waals surface area contributed by atoms with Gasteiger partial charge in [0.1, 0.15) is 6.10 Å². The van der Waals surface area contributed by atoms with Crippen molar-refractivity contribution in [1.82, 2.24) is 20.1 Å². The number of aromatic nitrogens is 3. The molecular weight excluding hydrogens is 294 g/mol. The molecule has 2 atom stereocenters. The molecule has 7 heteroatoms. The number of pyridine rings is 1. The lowest BCUT2D eigenvalue weighted by molar-refractivity contribution is -0.115. The number of hydrogen-bond donors (Lipinski definition) is 2. The molecule has 2 aromatic heterocycles. The largest absolute Gasteiger partial charge is 0.372 e. The second-order valence-electron chi connectivity index (χ2n) is 5.66. The minimum atomic E-state index is -0.0789. The van der Waals surface area contributed by atoms with Gasteiger partial charge in [-0.1, -0.05) is 0 Å². The molecule has 0 spiro atoms. The van der Waals surface area contributed by atoms with Crippen LogP contribution in [0, 0.1) is 6.92 Å². The van der Waals surface area contributed by atoms with Crippen LogP contribution in [-0.4, -0.2) is 39.9 Å². The maximum atomic E-state index is 12.0. The maximum Gasteiger partial charge on any atom is 0.238 e. The van der Waals surface area contributed by atoms with Crippen LogP contribution < -0.4 is 10.6 Å². The van der Waals surface area contributed by atoms with E-state index in [1.165, 1.54) is 0 Å². The smallest absolute Gasteiger partial charge is 0.238 e. The molecule has 3 rings (SSSR count). The minimum absolute atomic E-state index is 0.0579. The fourth-order valence-corrected chi connectivity index (χ4v) is 2.76. The third-order valence-electron chi connectivity index (χ3n) is 4.16. The normalized spacial score (nSPS) is 20.6. The summed E-state index contributed by atoms with van der Waals surface area (Å²) in [6, 6.07) is 3.64. The van der Waals surface area contributed by atoms with E-state index in [-0.39, 0.29) is 24.6 Å². The fourth-order valence-electron chi connectivity index (χ4n) is 2.76. The van der Waals surface area contributed by atoms with Crippen LogP contribution in [0.15, 0.2) is 30.7 Å². The van der Waals surface area contributed by atoms with Gasteiger partial charge < -0.3 is 15.4 Å². The highest BCUT2D eigenvalue weighted by atomic mass is 16.5. The van der Waals surface area contributed by atoms with Crippen molar-refractivity contribution in [3.8, 4) is 0 Å². The molecule has 1 saturated heterocycles. The first-order chi connectivity index (χ1) is 11.1. The highest BCUT2D eigenvalue weighted by Gasteiger charge is 2.32. The zero-order valence-electron chi connectivity index (χ0n) is 13.3. The Kier molecular flexibility index (Phi) is 4.68. The van der Waals surface area contributed by atoms with Crippen LogP contribution in [0.4, 0.5) is 5.69 Å². The first-order valence-corrected chi connectivity index (χ1v) is 7.68. The van der Waals surface area contributed by atoms with Gasteiger partial charge in [-0.3, -0.25) is 14.5 Å². The quantitative estimate of drug-likeness (QED) is 0.866. The average Bonchev–Trinajstić information content (AvgIpc) is 3.14. The Morgan fingerprint density at radius 3 is 2.91 bits per heavy atom. The van der Waals surface area contributed by atoms with Gasteiger partial charge in [-0.25, -0.2) is 0 Å². The maximum absolute atomic E-state index is 12.0. The molecular formula is C16H21N5O2. The second-order valence-corrected chi connectivity index (χ2v) is 5.66. The molecule has 2 aromatic rings. The Morgan fingerprint density at radius 2 is 2.22 bits per heavy atom. The molecule has 0 bridgehead atoms. The van der Waals surface area contributed by atoms with E-state index in [2.05, 4.69) is 20.7 Å². The predicted molar refractivity (Wildman–Crippen MR) is 85.9 cm³/mol. The number of rotatable bonds is 5. The molecule has 0 radical (unpaired) electrons. The minimum Gasteiger partial charge on any atom is -0.372 e. The van der Waals surface area contributed by atoms with Crippen molar-refractivity contribution in [2.75, 3.05) is 18.5 Å². The summed E-state index contributed by atoms with van der Waals surface area (Å²) in [7, 11) is 1.92. The molecule has 1 fully saturated rings. The Morgan fingerprint density at radius 1 is 1.43 bits per heavy atom. The van der Waals surface area contributed by atoms with Crippen LogP contribution in [0.5, 0.6) is 0 Å². The summed E-state index contributed by atoms with van der Waals surface area (Å²) in [5.41, 5.74) is 2.91. The highest BCUT2D eigenvalue weighted by Crippen LogP contribution is 2.30. The summed E-state index contributed by atoms with van der Waals surface area (Å²) in [5.74, 6) is -0.0789. The predicted octanol–water partition coefficient (Wildman–Crippen LogP) is 1.18. The van der Waals surface area contributed by atoms with Crippen molar-refractivity contribution < 1.29 is 9.53 Å². The fraction of sp³-hybridized carbons (Fsp3) is 0.438. The van der Waals surface area contributed by atoms with E-state index in [1.807, 2.05) is 24.9 Å². The monoisotopic (exact) mass is 315 g/mol. The Bertz CT molecular complexity index is 670. The molecule has 3 heterocycles. The molecule has 0 aliphatic carbocycles. The van der Waals surface area contributed by atoms with Gasteiger partial charge in [0, 0.05) is 49.0 Å². The Hall–Kier alpha value is -2.25. The summed E-state index contributed by atoms with van der Waals surface area (Å²) in [6.07, 6.45) is 5.96. The summed E-state index contributed by atoms with van der Waals surface area (Å²) in [6.45, 7) is 2.95. The van der Waals surface area contributed by atoms with Crippen LogP contribution in [0.3, 0.4) is 0 Å². The van der Waals surface area contributed by atoms with Crippen LogP contribution in [0.25, 0.3) is 0 Å². The molecule has 0 aromatic carbocycles. The molecule has 1 aliphatic rings. The molecule has 1 amide bonds. The first kappa shape index (κ1) is 15.6. The van der Waals surface area contributed by atoms with E-state index in [9.17, 15) is 4.79 Å². The van der Waals surface area contributed by atoms with E-state index in [1.54, 1.807) is 24.5 Å². The van der Waals surface area contributed by atoms with Crippen LogP contribution in [0.2, 0.25) is 0 Å². The lowest BCUT2D eigenvalue weighted by Crippen LogP contribution is -2.37. The number of carbonyl (C=O) groups is 1. The number of carbonyl (C=O) groups excluding carboxylic acids is 1. The van der Waals surface area contributed by atoms with Crippen LogP contribution >= 0.6 is 0 Å². The summed E-state index contributed by atoms with van der Waals surface area (Å²) >= 11 is 0. The van der Waals surface area contributed by atoms with Gasteiger partial charge in [-0.15, -0.1) is 0 Å². The zero-order chi connectivity index (χ0) is 16.2. The topological polar surface area (TPSA) is 81.1 Å². The Labute approximate surface area is 135 Å². The second kappa shape index (κ2) is 6.89. The van der Waals surface area contributed by atoms with Crippen molar-refractivity contribution >= 4 is 11.6 Å². The van der Waals surface area contributed by atoms with Crippen LogP contribution in [0.1, 0.15) is 23.8 Å². The Balaban J connectivity index is 1.57. The number of nitrogens with one attached hydrogen (secondary N) is 2. The molecule has 7 nitrogen and oxygen atoms in total. The summed E-state index contributed by atoms with van der Waals surface area (Å²) in [4.78, 5) is 16.0. The number of ether oxygens (including phenoxy) is 1. The van der Waals surface area contributed by atoms with Gasteiger partial charge in [-0.05, 0) is 25.5 Å². The van der Waals surface area contributed by atoms with E-state index in [0.29, 0.717) is 6.61 Å². The van der Waals surface area contributed by atoms with Gasteiger partial charge in [0.25, 0.3) is 0 Å². The molecule has 1 aliphatic heterocycles. The lowest BCUT2D eigenvalue weighted by atomic mass is 10.0. The van der Waals surface area contributed by atoms with E-state index in [4.69, 9.17) is 4.74 Å². The number of nitrogens with zero attached hydrogens (tertiary/aromatic N) is 3. The number of hydrogen-bond acceptors (Lipinski definition) is 5. The van der Waals surface area contributed by atoms with E-state index in [0.717, 1.165) is 23.4 Å². The van der Waals surface area contributed by atoms with Gasteiger partial charge in [0.2, 0.25) is 5.91 Å². The lowest BCUT2D eigenvalue weighted by Gasteiger charge is -2.19. The molecule has 0 unspecified atom stereocenters. The molecule has 2 N–H and O–H groups in total. The van der Waals surface area contributed by atoms with Gasteiger partial charge in [0.05, 0.1) is 12.7 Å². The SMILES string of the molecule is Cc1c([C@H]2OCC[C@@H]2NCC(=O)Nc2ccncc2)cnn1C.